The van der Waals surface area contributed by atoms with Crippen LogP contribution in [0.1, 0.15) is 19.3 Å². The van der Waals surface area contributed by atoms with Gasteiger partial charge in [-0.25, -0.2) is 18.9 Å². The van der Waals surface area contributed by atoms with Crippen molar-refractivity contribution < 1.29 is 23.2 Å². The van der Waals surface area contributed by atoms with Gasteiger partial charge in [0.2, 0.25) is 10.0 Å². The van der Waals surface area contributed by atoms with Crippen molar-refractivity contribution in [2.45, 2.75) is 30.2 Å². The molecule has 0 unspecified atom stereocenters. The minimum Gasteiger partial charge on any atom is -0.457 e. The Kier molecular flexibility index (Phi) is 6.03. The van der Waals surface area contributed by atoms with E-state index in [2.05, 4.69) is 9.97 Å². The molecule has 1 amide bonds. The monoisotopic (exact) mass is 442 g/mol. The third-order valence-electron chi connectivity index (χ3n) is 5.16. The number of imidazole rings is 1. The van der Waals surface area contributed by atoms with Gasteiger partial charge in [0.25, 0.3) is 5.91 Å². The van der Waals surface area contributed by atoms with Crippen LogP contribution in [0.25, 0.3) is 11.4 Å². The summed E-state index contributed by atoms with van der Waals surface area (Å²) in [5.74, 6) is 1.11. The molecule has 31 heavy (non-hydrogen) atoms. The topological polar surface area (TPSA) is 125 Å². The first kappa shape index (κ1) is 21.0. The summed E-state index contributed by atoms with van der Waals surface area (Å²) >= 11 is 0. The molecule has 3 aromatic rings. The average Bonchev–Trinajstić information content (AvgIpc) is 3.34. The summed E-state index contributed by atoms with van der Waals surface area (Å²) in [6, 6.07) is 12.5. The third-order valence-corrected chi connectivity index (χ3v) is 7.08. The number of benzene rings is 2. The van der Waals surface area contributed by atoms with E-state index >= 15 is 0 Å². The number of nitrogens with zero attached hydrogens (tertiary/aromatic N) is 2. The van der Waals surface area contributed by atoms with Crippen LogP contribution in [0.4, 0.5) is 0 Å². The number of piperidine rings is 1. The zero-order valence-corrected chi connectivity index (χ0v) is 17.4. The maximum atomic E-state index is 13.1. The fourth-order valence-corrected chi connectivity index (χ4v) is 5.24. The summed E-state index contributed by atoms with van der Waals surface area (Å²) in [5, 5.41) is 8.95. The molecule has 0 saturated carbocycles. The van der Waals surface area contributed by atoms with Crippen molar-refractivity contribution in [3.63, 3.8) is 0 Å². The number of hydrogen-bond donors (Lipinski definition) is 3. The van der Waals surface area contributed by atoms with Gasteiger partial charge in [0.15, 0.2) is 0 Å². The van der Waals surface area contributed by atoms with Crippen LogP contribution >= 0.6 is 0 Å². The van der Waals surface area contributed by atoms with Crippen molar-refractivity contribution >= 4 is 15.9 Å². The summed E-state index contributed by atoms with van der Waals surface area (Å²) in [6.45, 7) is 0.223. The molecule has 2 heterocycles. The van der Waals surface area contributed by atoms with Crippen molar-refractivity contribution in [1.82, 2.24) is 19.8 Å². The second kappa shape index (κ2) is 8.88. The van der Waals surface area contributed by atoms with Gasteiger partial charge in [-0.3, -0.25) is 10.0 Å². The van der Waals surface area contributed by atoms with Crippen LogP contribution < -0.4 is 10.2 Å². The molecule has 10 heteroatoms. The zero-order chi connectivity index (χ0) is 21.8. The number of carbonyl (C=O) groups excluding carboxylic acids is 1. The highest BCUT2D eigenvalue weighted by Gasteiger charge is 2.37. The van der Waals surface area contributed by atoms with Crippen molar-refractivity contribution in [3.05, 3.63) is 60.9 Å². The fourth-order valence-electron chi connectivity index (χ4n) is 3.58. The lowest BCUT2D eigenvalue weighted by Gasteiger charge is -2.33. The number of ether oxygens (including phenoxy) is 1. The lowest BCUT2D eigenvalue weighted by atomic mass is 10.0. The summed E-state index contributed by atoms with van der Waals surface area (Å²) in [4.78, 5) is 19.2. The highest BCUT2D eigenvalue weighted by Crippen LogP contribution is 2.29. The van der Waals surface area contributed by atoms with Gasteiger partial charge in [0.1, 0.15) is 23.4 Å². The van der Waals surface area contributed by atoms with Gasteiger partial charge in [-0.05, 0) is 61.4 Å². The van der Waals surface area contributed by atoms with E-state index in [9.17, 15) is 13.2 Å². The molecule has 1 fully saturated rings. The quantitative estimate of drug-likeness (QED) is 0.398. The van der Waals surface area contributed by atoms with Gasteiger partial charge in [0.05, 0.1) is 4.90 Å². The minimum absolute atomic E-state index is 0.0608. The lowest BCUT2D eigenvalue weighted by molar-refractivity contribution is -0.134. The molecule has 1 aliphatic rings. The SMILES string of the molecule is O=C(NO)[C@H]1CCCCN1S(=O)(=O)c1ccc(Oc2ccc(-c3ncc[nH]3)cc2)cc1. The van der Waals surface area contributed by atoms with E-state index in [1.807, 2.05) is 12.1 Å². The Morgan fingerprint density at radius 1 is 1.10 bits per heavy atom. The molecule has 1 aromatic heterocycles. The van der Waals surface area contributed by atoms with Gasteiger partial charge in [-0.2, -0.15) is 4.31 Å². The largest absolute Gasteiger partial charge is 0.457 e. The second-order valence-corrected chi connectivity index (χ2v) is 9.03. The van der Waals surface area contributed by atoms with E-state index in [4.69, 9.17) is 9.94 Å². The summed E-state index contributed by atoms with van der Waals surface area (Å²) < 4.78 is 33.1. The number of amides is 1. The van der Waals surface area contributed by atoms with Crippen molar-refractivity contribution in [2.75, 3.05) is 6.54 Å². The fraction of sp³-hybridized carbons (Fsp3) is 0.238. The molecular formula is C21H22N4O5S. The molecule has 0 bridgehead atoms. The molecule has 2 aromatic carbocycles. The number of hydroxylamine groups is 1. The Labute approximate surface area is 179 Å². The van der Waals surface area contributed by atoms with Gasteiger partial charge in [0, 0.05) is 24.5 Å². The van der Waals surface area contributed by atoms with Crippen LogP contribution in [0, 0.1) is 0 Å². The minimum atomic E-state index is -3.89. The highest BCUT2D eigenvalue weighted by molar-refractivity contribution is 7.89. The van der Waals surface area contributed by atoms with E-state index in [0.717, 1.165) is 22.1 Å². The smallest absolute Gasteiger partial charge is 0.261 e. The lowest BCUT2D eigenvalue weighted by Crippen LogP contribution is -2.51. The molecule has 3 N–H and O–H groups in total. The van der Waals surface area contributed by atoms with Crippen LogP contribution in [0.3, 0.4) is 0 Å². The number of carbonyl (C=O) groups is 1. The predicted octanol–water partition coefficient (Wildman–Crippen LogP) is 2.92. The standard InChI is InChI=1S/C21H22N4O5S/c26-21(24-27)19-3-1-2-14-25(19)31(28,29)18-10-8-17(9-11-18)30-16-6-4-15(5-7-16)20-22-12-13-23-20/h4-13,19,27H,1-3,14H2,(H,22,23)(H,24,26)/t19-/m1/s1. The van der Waals surface area contributed by atoms with Crippen LogP contribution in [0.5, 0.6) is 11.5 Å². The third kappa shape index (κ3) is 4.46. The number of hydrogen-bond acceptors (Lipinski definition) is 6. The number of aromatic nitrogens is 2. The predicted molar refractivity (Wildman–Crippen MR) is 112 cm³/mol. The molecular weight excluding hydrogens is 420 g/mol. The van der Waals surface area contributed by atoms with Crippen LogP contribution in [0.2, 0.25) is 0 Å². The molecule has 0 radical (unpaired) electrons. The molecule has 0 spiro atoms. The van der Waals surface area contributed by atoms with Crippen LogP contribution in [0.15, 0.2) is 65.8 Å². The van der Waals surface area contributed by atoms with Crippen LogP contribution in [-0.2, 0) is 14.8 Å². The highest BCUT2D eigenvalue weighted by atomic mass is 32.2. The number of aromatic amines is 1. The van der Waals surface area contributed by atoms with Gasteiger partial charge < -0.3 is 9.72 Å². The molecule has 1 saturated heterocycles. The second-order valence-electron chi connectivity index (χ2n) is 7.14. The Hall–Kier alpha value is -3.21. The van der Waals surface area contributed by atoms with E-state index in [0.29, 0.717) is 24.3 Å². The van der Waals surface area contributed by atoms with Crippen molar-refractivity contribution in [3.8, 4) is 22.9 Å². The Morgan fingerprint density at radius 2 is 1.77 bits per heavy atom. The molecule has 0 aliphatic carbocycles. The van der Waals surface area contributed by atoms with Crippen molar-refractivity contribution in [2.24, 2.45) is 0 Å². The Bertz CT molecular complexity index is 1130. The number of nitrogens with one attached hydrogen (secondary N) is 2. The molecule has 1 atom stereocenters. The normalized spacial score (nSPS) is 17.3. The number of sulfonamides is 1. The van der Waals surface area contributed by atoms with E-state index in [1.165, 1.54) is 12.1 Å². The summed E-state index contributed by atoms with van der Waals surface area (Å²) in [7, 11) is -3.89. The number of rotatable bonds is 6. The maximum Gasteiger partial charge on any atom is 0.261 e. The van der Waals surface area contributed by atoms with Gasteiger partial charge >= 0.3 is 0 Å². The first-order chi connectivity index (χ1) is 15.0. The average molecular weight is 442 g/mol. The van der Waals surface area contributed by atoms with Gasteiger partial charge in [-0.15, -0.1) is 0 Å². The van der Waals surface area contributed by atoms with E-state index in [1.54, 1.807) is 42.1 Å². The molecule has 1 aliphatic heterocycles. The molecule has 9 nitrogen and oxygen atoms in total. The summed E-state index contributed by atoms with van der Waals surface area (Å²) in [6.07, 6.45) is 5.16. The molecule has 4 rings (SSSR count). The first-order valence-corrected chi connectivity index (χ1v) is 11.3. The first-order valence-electron chi connectivity index (χ1n) is 9.82. The summed E-state index contributed by atoms with van der Waals surface area (Å²) in [5.41, 5.74) is 2.48. The maximum absolute atomic E-state index is 13.1. The van der Waals surface area contributed by atoms with Crippen LogP contribution in [-0.4, -0.2) is 46.4 Å². The zero-order valence-electron chi connectivity index (χ0n) is 16.6. The van der Waals surface area contributed by atoms with E-state index in [-0.39, 0.29) is 11.4 Å². The van der Waals surface area contributed by atoms with E-state index < -0.39 is 22.0 Å². The number of H-pyrrole nitrogens is 1. The van der Waals surface area contributed by atoms with Crippen molar-refractivity contribution in [1.29, 1.82) is 0 Å². The Morgan fingerprint density at radius 3 is 2.39 bits per heavy atom. The Balaban J connectivity index is 1.49. The molecule has 162 valence electrons. The van der Waals surface area contributed by atoms with Gasteiger partial charge in [-0.1, -0.05) is 6.42 Å².